The van der Waals surface area contributed by atoms with E-state index in [9.17, 15) is 13.9 Å². The molecule has 0 saturated carbocycles. The molecule has 122 valence electrons. The Labute approximate surface area is 134 Å². The first-order chi connectivity index (χ1) is 10.6. The Bertz CT molecular complexity index is 656. The number of aliphatic hydroxyl groups excluding tert-OH is 1. The van der Waals surface area contributed by atoms with Gasteiger partial charge in [-0.3, -0.25) is 0 Å². The van der Waals surface area contributed by atoms with Gasteiger partial charge in [0.2, 0.25) is 0 Å². The number of aliphatic hydroxyl groups is 1. The van der Waals surface area contributed by atoms with Gasteiger partial charge in [0.25, 0.3) is 0 Å². The molecule has 1 aliphatic rings. The predicted molar refractivity (Wildman–Crippen MR) is 82.2 cm³/mol. The molecule has 1 aliphatic heterocycles. The van der Waals surface area contributed by atoms with Crippen molar-refractivity contribution in [3.63, 3.8) is 0 Å². The summed E-state index contributed by atoms with van der Waals surface area (Å²) in [6, 6.07) is 3.53. The third-order valence-electron chi connectivity index (χ3n) is 4.27. The Morgan fingerprint density at radius 1 is 1.22 bits per heavy atom. The van der Waals surface area contributed by atoms with Crippen molar-refractivity contribution in [1.82, 2.24) is 0 Å². The highest BCUT2D eigenvalue weighted by molar-refractivity contribution is 6.55. The van der Waals surface area contributed by atoms with Crippen LogP contribution in [0.1, 0.15) is 38.8 Å². The first-order valence-corrected chi connectivity index (χ1v) is 7.17. The molecular formula is C16H18BF2NO3. The minimum absolute atomic E-state index is 0.178. The SMILES string of the molecule is CC1(C)OB(C(=Cc2cc(F)c(C#N)c(F)c2)CO)OC1(C)C. The zero-order valence-electron chi connectivity index (χ0n) is 13.5. The molecular weight excluding hydrogens is 303 g/mol. The first kappa shape index (κ1) is 17.6. The monoisotopic (exact) mass is 321 g/mol. The highest BCUT2D eigenvalue weighted by Crippen LogP contribution is 2.38. The third-order valence-corrected chi connectivity index (χ3v) is 4.27. The van der Waals surface area contributed by atoms with Gasteiger partial charge in [-0.2, -0.15) is 5.26 Å². The second-order valence-corrected chi connectivity index (χ2v) is 6.44. The zero-order valence-corrected chi connectivity index (χ0v) is 13.5. The molecule has 1 aromatic carbocycles. The Morgan fingerprint density at radius 3 is 2.09 bits per heavy atom. The van der Waals surface area contributed by atoms with Gasteiger partial charge in [0.15, 0.2) is 0 Å². The molecule has 0 radical (unpaired) electrons. The molecule has 7 heteroatoms. The van der Waals surface area contributed by atoms with Crippen molar-refractivity contribution in [2.45, 2.75) is 38.9 Å². The molecule has 1 fully saturated rings. The van der Waals surface area contributed by atoms with E-state index < -0.39 is 35.5 Å². The number of nitriles is 1. The average Bonchev–Trinajstić information content (AvgIpc) is 2.64. The molecule has 0 bridgehead atoms. The van der Waals surface area contributed by atoms with Gasteiger partial charge in [0.05, 0.1) is 17.8 Å². The van der Waals surface area contributed by atoms with Crippen LogP contribution in [0.3, 0.4) is 0 Å². The molecule has 0 unspecified atom stereocenters. The summed E-state index contributed by atoms with van der Waals surface area (Å²) in [5.74, 6) is -1.91. The molecule has 0 atom stereocenters. The summed E-state index contributed by atoms with van der Waals surface area (Å²) in [5.41, 5.74) is -1.30. The third kappa shape index (κ3) is 3.30. The number of nitrogens with zero attached hydrogens (tertiary/aromatic N) is 1. The van der Waals surface area contributed by atoms with Gasteiger partial charge in [0, 0.05) is 0 Å². The van der Waals surface area contributed by atoms with Crippen LogP contribution in [-0.4, -0.2) is 30.0 Å². The van der Waals surface area contributed by atoms with E-state index in [0.717, 1.165) is 12.1 Å². The summed E-state index contributed by atoms with van der Waals surface area (Å²) in [5, 5.41) is 18.2. The second kappa shape index (κ2) is 6.04. The van der Waals surface area contributed by atoms with Crippen molar-refractivity contribution < 1.29 is 23.2 Å². The van der Waals surface area contributed by atoms with E-state index in [1.807, 2.05) is 27.7 Å². The van der Waals surface area contributed by atoms with E-state index in [1.54, 1.807) is 0 Å². The molecule has 1 saturated heterocycles. The van der Waals surface area contributed by atoms with Gasteiger partial charge in [-0.25, -0.2) is 8.78 Å². The van der Waals surface area contributed by atoms with Crippen molar-refractivity contribution in [1.29, 1.82) is 5.26 Å². The minimum atomic E-state index is -0.954. The minimum Gasteiger partial charge on any atom is -0.400 e. The largest absolute Gasteiger partial charge is 0.492 e. The van der Waals surface area contributed by atoms with Gasteiger partial charge in [-0.05, 0) is 50.9 Å². The molecule has 0 amide bonds. The fraction of sp³-hybridized carbons (Fsp3) is 0.438. The van der Waals surface area contributed by atoms with Crippen LogP contribution >= 0.6 is 0 Å². The summed E-state index contributed by atoms with van der Waals surface area (Å²) in [7, 11) is -0.813. The van der Waals surface area contributed by atoms with Crippen LogP contribution in [0.25, 0.3) is 6.08 Å². The van der Waals surface area contributed by atoms with Crippen LogP contribution in [0.4, 0.5) is 8.78 Å². The normalized spacial score (nSPS) is 19.7. The lowest BCUT2D eigenvalue weighted by atomic mass is 9.77. The van der Waals surface area contributed by atoms with Crippen molar-refractivity contribution in [3.05, 3.63) is 40.4 Å². The van der Waals surface area contributed by atoms with Crippen molar-refractivity contribution in [2.24, 2.45) is 0 Å². The molecule has 1 N–H and O–H groups in total. The lowest BCUT2D eigenvalue weighted by Crippen LogP contribution is -2.41. The van der Waals surface area contributed by atoms with Crippen LogP contribution in [0.15, 0.2) is 17.6 Å². The molecule has 2 rings (SSSR count). The Morgan fingerprint density at radius 2 is 1.70 bits per heavy atom. The van der Waals surface area contributed by atoms with E-state index in [2.05, 4.69) is 0 Å². The standard InChI is InChI=1S/C16H18BF2NO3/c1-15(2)16(3,4)23-17(22-15)11(9-21)5-10-6-13(18)12(8-20)14(19)7-10/h5-7,21H,9H2,1-4H3. The summed E-state index contributed by atoms with van der Waals surface area (Å²) in [6.45, 7) is 7.07. The van der Waals surface area contributed by atoms with E-state index >= 15 is 0 Å². The number of rotatable bonds is 3. The van der Waals surface area contributed by atoms with Gasteiger partial charge in [-0.15, -0.1) is 0 Å². The van der Waals surface area contributed by atoms with Gasteiger partial charge < -0.3 is 14.4 Å². The van der Waals surface area contributed by atoms with Crippen LogP contribution in [-0.2, 0) is 9.31 Å². The van der Waals surface area contributed by atoms with Gasteiger partial charge >= 0.3 is 7.12 Å². The smallest absolute Gasteiger partial charge is 0.400 e. The number of benzene rings is 1. The number of halogens is 2. The molecule has 0 aromatic heterocycles. The molecule has 0 spiro atoms. The Balaban J connectivity index is 2.36. The Kier molecular flexibility index (Phi) is 4.63. The zero-order chi connectivity index (χ0) is 17.4. The highest BCUT2D eigenvalue weighted by atomic mass is 19.1. The molecule has 1 heterocycles. The summed E-state index contributed by atoms with van der Waals surface area (Å²) < 4.78 is 39.0. The maximum atomic E-state index is 13.7. The molecule has 0 aliphatic carbocycles. The summed E-state index contributed by atoms with van der Waals surface area (Å²) >= 11 is 0. The van der Waals surface area contributed by atoms with E-state index in [0.29, 0.717) is 5.47 Å². The molecule has 4 nitrogen and oxygen atoms in total. The van der Waals surface area contributed by atoms with Crippen LogP contribution in [0, 0.1) is 23.0 Å². The fourth-order valence-electron chi connectivity index (χ4n) is 2.18. The van der Waals surface area contributed by atoms with Crippen LogP contribution < -0.4 is 0 Å². The van der Waals surface area contributed by atoms with Gasteiger partial charge in [0.1, 0.15) is 23.3 Å². The lowest BCUT2D eigenvalue weighted by molar-refractivity contribution is 0.00578. The van der Waals surface area contributed by atoms with Crippen molar-refractivity contribution in [2.75, 3.05) is 6.61 Å². The lowest BCUT2D eigenvalue weighted by Gasteiger charge is -2.32. The molecule has 23 heavy (non-hydrogen) atoms. The number of hydrogen-bond donors (Lipinski definition) is 1. The Hall–Kier alpha value is -1.75. The number of hydrogen-bond acceptors (Lipinski definition) is 4. The summed E-state index contributed by atoms with van der Waals surface area (Å²) in [4.78, 5) is 0. The maximum absolute atomic E-state index is 13.7. The van der Waals surface area contributed by atoms with E-state index in [1.165, 1.54) is 12.1 Å². The van der Waals surface area contributed by atoms with E-state index in [4.69, 9.17) is 14.6 Å². The predicted octanol–water partition coefficient (Wildman–Crippen LogP) is 2.84. The highest BCUT2D eigenvalue weighted by Gasteiger charge is 2.52. The molecule has 1 aromatic rings. The topological polar surface area (TPSA) is 62.5 Å². The summed E-state index contributed by atoms with van der Waals surface area (Å²) in [6.07, 6.45) is 1.40. The maximum Gasteiger partial charge on any atom is 0.492 e. The van der Waals surface area contributed by atoms with Crippen molar-refractivity contribution in [3.8, 4) is 6.07 Å². The van der Waals surface area contributed by atoms with Crippen molar-refractivity contribution >= 4 is 13.2 Å². The average molecular weight is 321 g/mol. The second-order valence-electron chi connectivity index (χ2n) is 6.44. The van der Waals surface area contributed by atoms with E-state index in [-0.39, 0.29) is 12.2 Å². The van der Waals surface area contributed by atoms with Crippen LogP contribution in [0.2, 0.25) is 0 Å². The van der Waals surface area contributed by atoms with Crippen LogP contribution in [0.5, 0.6) is 0 Å². The van der Waals surface area contributed by atoms with Gasteiger partial charge in [-0.1, -0.05) is 6.08 Å². The fourth-order valence-corrected chi connectivity index (χ4v) is 2.18. The quantitative estimate of drug-likeness (QED) is 0.870. The first-order valence-electron chi connectivity index (χ1n) is 7.17.